The van der Waals surface area contributed by atoms with Crippen molar-refractivity contribution in [3.05, 3.63) is 64.4 Å². The van der Waals surface area contributed by atoms with Gasteiger partial charge in [0, 0.05) is 24.4 Å². The van der Waals surface area contributed by atoms with E-state index >= 15 is 0 Å². The molecule has 2 heterocycles. The molecule has 1 aliphatic carbocycles. The summed E-state index contributed by atoms with van der Waals surface area (Å²) in [6, 6.07) is 9.93. The number of amides is 2. The predicted molar refractivity (Wildman–Crippen MR) is 133 cm³/mol. The van der Waals surface area contributed by atoms with Crippen LogP contribution >= 0.6 is 11.3 Å². The van der Waals surface area contributed by atoms with Crippen molar-refractivity contribution >= 4 is 23.2 Å². The highest BCUT2D eigenvalue weighted by Gasteiger charge is 2.34. The molecule has 33 heavy (non-hydrogen) atoms. The van der Waals surface area contributed by atoms with Crippen LogP contribution in [0, 0.1) is 5.92 Å². The lowest BCUT2D eigenvalue weighted by Crippen LogP contribution is -2.46. The van der Waals surface area contributed by atoms with Crippen molar-refractivity contribution in [2.45, 2.75) is 51.0 Å². The van der Waals surface area contributed by atoms with Gasteiger partial charge in [-0.1, -0.05) is 43.9 Å². The second kappa shape index (κ2) is 11.0. The molecule has 176 valence electrons. The SMILES string of the molecule is C=CCN(CC(=O)N1CCc2sccc2C1c1ccc(OC)cc1)C(=O)CCC1CCCC1. The van der Waals surface area contributed by atoms with E-state index in [1.54, 1.807) is 29.4 Å². The van der Waals surface area contributed by atoms with E-state index in [0.717, 1.165) is 24.2 Å². The van der Waals surface area contributed by atoms with Gasteiger partial charge in [0.2, 0.25) is 11.8 Å². The number of rotatable bonds is 9. The summed E-state index contributed by atoms with van der Waals surface area (Å²) in [7, 11) is 1.65. The standard InChI is InChI=1S/C27H34N2O3S/c1-3-16-28(25(30)13-8-20-6-4-5-7-20)19-26(31)29-17-14-24-23(15-18-33-24)27(29)21-9-11-22(32-2)12-10-21/h3,9-12,15,18,20,27H,1,4-8,13-14,16-17,19H2,2H3. The third kappa shape index (κ3) is 5.49. The van der Waals surface area contributed by atoms with Crippen molar-refractivity contribution in [2.24, 2.45) is 5.92 Å². The predicted octanol–water partition coefficient (Wildman–Crippen LogP) is 5.22. The molecule has 1 saturated carbocycles. The van der Waals surface area contributed by atoms with Crippen LogP contribution in [0.25, 0.3) is 0 Å². The molecule has 0 saturated heterocycles. The Balaban J connectivity index is 1.50. The third-order valence-corrected chi connectivity index (χ3v) is 7.98. The summed E-state index contributed by atoms with van der Waals surface area (Å²) < 4.78 is 5.32. The molecule has 1 atom stereocenters. The lowest BCUT2D eigenvalue weighted by molar-refractivity contribution is -0.141. The molecule has 0 N–H and O–H groups in total. The Hall–Kier alpha value is -2.60. The summed E-state index contributed by atoms with van der Waals surface area (Å²) in [5.74, 6) is 1.50. The average Bonchev–Trinajstić information content (AvgIpc) is 3.53. The Bertz CT molecular complexity index is 962. The number of carbonyl (C=O) groups is 2. The number of methoxy groups -OCH3 is 1. The molecule has 2 amide bonds. The van der Waals surface area contributed by atoms with E-state index in [2.05, 4.69) is 18.0 Å². The second-order valence-corrected chi connectivity index (χ2v) is 10.1. The van der Waals surface area contributed by atoms with Crippen molar-refractivity contribution in [3.8, 4) is 5.75 Å². The average molecular weight is 467 g/mol. The minimum Gasteiger partial charge on any atom is -0.497 e. The molecule has 5 nitrogen and oxygen atoms in total. The van der Waals surface area contributed by atoms with Gasteiger partial charge in [-0.25, -0.2) is 0 Å². The molecular weight excluding hydrogens is 432 g/mol. The van der Waals surface area contributed by atoms with Crippen molar-refractivity contribution in [3.63, 3.8) is 0 Å². The number of hydrogen-bond donors (Lipinski definition) is 0. The van der Waals surface area contributed by atoms with Crippen LogP contribution in [0.3, 0.4) is 0 Å². The van der Waals surface area contributed by atoms with Crippen LogP contribution in [-0.4, -0.2) is 48.4 Å². The molecule has 1 fully saturated rings. The zero-order valence-corrected chi connectivity index (χ0v) is 20.3. The Morgan fingerprint density at radius 1 is 1.21 bits per heavy atom. The lowest BCUT2D eigenvalue weighted by Gasteiger charge is -2.37. The van der Waals surface area contributed by atoms with Gasteiger partial charge in [0.25, 0.3) is 0 Å². The second-order valence-electron chi connectivity index (χ2n) is 9.06. The van der Waals surface area contributed by atoms with E-state index in [1.807, 2.05) is 29.2 Å². The highest BCUT2D eigenvalue weighted by molar-refractivity contribution is 7.10. The number of benzene rings is 1. The van der Waals surface area contributed by atoms with Gasteiger partial charge >= 0.3 is 0 Å². The highest BCUT2D eigenvalue weighted by atomic mass is 32.1. The topological polar surface area (TPSA) is 49.9 Å². The van der Waals surface area contributed by atoms with Gasteiger partial charge in [0.15, 0.2) is 0 Å². The summed E-state index contributed by atoms with van der Waals surface area (Å²) in [5, 5.41) is 2.10. The molecule has 2 aliphatic rings. The molecule has 1 unspecified atom stereocenters. The minimum absolute atomic E-state index is 0.0104. The van der Waals surface area contributed by atoms with Crippen molar-refractivity contribution in [1.29, 1.82) is 0 Å². The molecule has 0 spiro atoms. The first-order valence-electron chi connectivity index (χ1n) is 12.0. The zero-order chi connectivity index (χ0) is 23.2. The third-order valence-electron chi connectivity index (χ3n) is 6.99. The number of ether oxygens (including phenoxy) is 1. The van der Waals surface area contributed by atoms with Gasteiger partial charge in [-0.15, -0.1) is 17.9 Å². The highest BCUT2D eigenvalue weighted by Crippen LogP contribution is 2.38. The Kier molecular flexibility index (Phi) is 7.86. The van der Waals surface area contributed by atoms with E-state index in [9.17, 15) is 9.59 Å². The molecule has 2 aromatic rings. The Labute approximate surface area is 201 Å². The minimum atomic E-state index is -0.141. The molecule has 1 aromatic heterocycles. The molecule has 0 bridgehead atoms. The van der Waals surface area contributed by atoms with Gasteiger partial charge in [-0.3, -0.25) is 9.59 Å². The van der Waals surface area contributed by atoms with Crippen molar-refractivity contribution in [1.82, 2.24) is 9.80 Å². The van der Waals surface area contributed by atoms with Crippen LogP contribution in [-0.2, 0) is 16.0 Å². The van der Waals surface area contributed by atoms with Gasteiger partial charge < -0.3 is 14.5 Å². The Morgan fingerprint density at radius 2 is 1.97 bits per heavy atom. The van der Waals surface area contributed by atoms with Crippen LogP contribution in [0.1, 0.15) is 60.6 Å². The number of fused-ring (bicyclic) bond motifs is 1. The number of hydrogen-bond acceptors (Lipinski definition) is 4. The summed E-state index contributed by atoms with van der Waals surface area (Å²) in [6.07, 6.45) is 9.03. The fourth-order valence-corrected chi connectivity index (χ4v) is 6.08. The van der Waals surface area contributed by atoms with Crippen LogP contribution < -0.4 is 4.74 Å². The van der Waals surface area contributed by atoms with Gasteiger partial charge in [-0.2, -0.15) is 0 Å². The van der Waals surface area contributed by atoms with Gasteiger partial charge in [0.1, 0.15) is 12.3 Å². The maximum absolute atomic E-state index is 13.6. The van der Waals surface area contributed by atoms with Crippen molar-refractivity contribution in [2.75, 3.05) is 26.7 Å². The smallest absolute Gasteiger partial charge is 0.243 e. The first kappa shape index (κ1) is 23.6. The van der Waals surface area contributed by atoms with E-state index < -0.39 is 0 Å². The first-order chi connectivity index (χ1) is 16.1. The largest absolute Gasteiger partial charge is 0.497 e. The van der Waals surface area contributed by atoms with Crippen LogP contribution in [0.15, 0.2) is 48.4 Å². The fraction of sp³-hybridized carbons (Fsp3) is 0.481. The number of thiophene rings is 1. The van der Waals surface area contributed by atoms with Crippen LogP contribution in [0.5, 0.6) is 5.75 Å². The monoisotopic (exact) mass is 466 g/mol. The molecular formula is C27H34N2O3S. The zero-order valence-electron chi connectivity index (χ0n) is 19.5. The summed E-state index contributed by atoms with van der Waals surface area (Å²) in [6.45, 7) is 4.97. The lowest BCUT2D eigenvalue weighted by atomic mass is 9.93. The van der Waals surface area contributed by atoms with Gasteiger partial charge in [0.05, 0.1) is 13.2 Å². The first-order valence-corrected chi connectivity index (χ1v) is 12.9. The van der Waals surface area contributed by atoms with Crippen LogP contribution in [0.2, 0.25) is 0 Å². The fourth-order valence-electron chi connectivity index (χ4n) is 5.18. The normalized spacial score (nSPS) is 18.1. The maximum Gasteiger partial charge on any atom is 0.243 e. The number of carbonyl (C=O) groups excluding carboxylic acids is 2. The molecule has 0 radical (unpaired) electrons. The van der Waals surface area contributed by atoms with E-state index in [1.165, 1.54) is 36.1 Å². The van der Waals surface area contributed by atoms with Crippen molar-refractivity contribution < 1.29 is 14.3 Å². The molecule has 6 heteroatoms. The Morgan fingerprint density at radius 3 is 2.67 bits per heavy atom. The molecule has 1 aromatic carbocycles. The van der Waals surface area contributed by atoms with Gasteiger partial charge in [-0.05, 0) is 53.5 Å². The maximum atomic E-state index is 13.6. The molecule has 1 aliphatic heterocycles. The van der Waals surface area contributed by atoms with E-state index in [4.69, 9.17) is 4.74 Å². The van der Waals surface area contributed by atoms with Crippen LogP contribution in [0.4, 0.5) is 0 Å². The molecule has 4 rings (SSSR count). The van der Waals surface area contributed by atoms with E-state index in [-0.39, 0.29) is 24.4 Å². The summed E-state index contributed by atoms with van der Waals surface area (Å²) >= 11 is 1.75. The van der Waals surface area contributed by atoms with E-state index in [0.29, 0.717) is 25.4 Å². The summed E-state index contributed by atoms with van der Waals surface area (Å²) in [4.78, 5) is 31.5. The number of nitrogens with zero attached hydrogens (tertiary/aromatic N) is 2. The summed E-state index contributed by atoms with van der Waals surface area (Å²) in [5.41, 5.74) is 2.25. The quantitative estimate of drug-likeness (QED) is 0.476.